The van der Waals surface area contributed by atoms with Gasteiger partial charge in [0.15, 0.2) is 0 Å². The van der Waals surface area contributed by atoms with Crippen LogP contribution in [0.1, 0.15) is 71.3 Å². The van der Waals surface area contributed by atoms with Crippen molar-refractivity contribution >= 4 is 46.3 Å². The van der Waals surface area contributed by atoms with E-state index in [2.05, 4.69) is 6.92 Å². The number of ether oxygens (including phenoxy) is 1. The first-order valence-corrected chi connectivity index (χ1v) is 12.3. The Labute approximate surface area is 195 Å². The zero-order valence-electron chi connectivity index (χ0n) is 18.6. The zero-order valence-corrected chi connectivity index (χ0v) is 20.3. The number of thioether (sulfide) groups is 1. The van der Waals surface area contributed by atoms with Gasteiger partial charge < -0.3 is 9.84 Å². The molecule has 1 N–H and O–H groups in total. The maximum absolute atomic E-state index is 12.9. The number of rotatable bonds is 13. The first kappa shape index (κ1) is 25.4. The molecule has 31 heavy (non-hydrogen) atoms. The number of hydrogen-bond acceptors (Lipinski definition) is 5. The Kier molecular flexibility index (Phi) is 10.5. The van der Waals surface area contributed by atoms with Gasteiger partial charge in [0, 0.05) is 0 Å². The van der Waals surface area contributed by atoms with Gasteiger partial charge in [0.2, 0.25) is 0 Å². The van der Waals surface area contributed by atoms with Gasteiger partial charge in [0.25, 0.3) is 5.91 Å². The van der Waals surface area contributed by atoms with E-state index >= 15 is 0 Å². The van der Waals surface area contributed by atoms with Gasteiger partial charge in [-0.15, -0.1) is 0 Å². The molecule has 5 nitrogen and oxygen atoms in total. The third-order valence-corrected chi connectivity index (χ3v) is 6.81. The molecule has 1 aliphatic heterocycles. The normalized spacial score (nSPS) is 17.3. The first-order chi connectivity index (χ1) is 14.9. The summed E-state index contributed by atoms with van der Waals surface area (Å²) >= 11 is 6.48. The Morgan fingerprint density at radius 3 is 2.42 bits per heavy atom. The maximum atomic E-state index is 12.9. The van der Waals surface area contributed by atoms with E-state index in [0.717, 1.165) is 29.5 Å². The number of hydrogen-bond donors (Lipinski definition) is 1. The highest BCUT2D eigenvalue weighted by Gasteiger charge is 2.42. The quantitative estimate of drug-likeness (QED) is 0.216. The van der Waals surface area contributed by atoms with E-state index in [9.17, 15) is 14.7 Å². The highest BCUT2D eigenvalue weighted by molar-refractivity contribution is 8.26. The van der Waals surface area contributed by atoms with E-state index in [0.29, 0.717) is 22.3 Å². The number of carboxylic acids is 1. The molecule has 1 amide bonds. The lowest BCUT2D eigenvalue weighted by molar-refractivity contribution is -0.147. The third-order valence-electron chi connectivity index (χ3n) is 5.48. The van der Waals surface area contributed by atoms with Gasteiger partial charge in [-0.1, -0.05) is 95.4 Å². The Bertz CT molecular complexity index is 791. The summed E-state index contributed by atoms with van der Waals surface area (Å²) < 4.78 is 6.10. The van der Waals surface area contributed by atoms with Crippen LogP contribution in [0.25, 0.3) is 6.08 Å². The van der Waals surface area contributed by atoms with Crippen LogP contribution in [0.5, 0.6) is 5.75 Å². The number of thiocarbonyl (C=S) groups is 1. The SMILES string of the molecule is CCCCCCCCOc1ccc(/C=C2/SC(=S)N([C@@H](C(=O)O)[C@H](C)CC)C2=O)cc1. The van der Waals surface area contributed by atoms with Crippen molar-refractivity contribution in [3.8, 4) is 5.75 Å². The van der Waals surface area contributed by atoms with Crippen LogP contribution in [0.2, 0.25) is 0 Å². The molecule has 2 atom stereocenters. The molecule has 0 unspecified atom stereocenters. The van der Waals surface area contributed by atoms with E-state index in [1.54, 1.807) is 6.08 Å². The molecule has 0 radical (unpaired) electrons. The minimum Gasteiger partial charge on any atom is -0.494 e. The Hall–Kier alpha value is -1.86. The highest BCUT2D eigenvalue weighted by atomic mass is 32.2. The Morgan fingerprint density at radius 1 is 1.16 bits per heavy atom. The van der Waals surface area contributed by atoms with Crippen molar-refractivity contribution in [3.63, 3.8) is 0 Å². The van der Waals surface area contributed by atoms with Gasteiger partial charge in [0.1, 0.15) is 16.1 Å². The van der Waals surface area contributed by atoms with E-state index < -0.39 is 12.0 Å². The second-order valence-corrected chi connectivity index (χ2v) is 9.58. The fraction of sp³-hybridized carbons (Fsp3) is 0.542. The van der Waals surface area contributed by atoms with Crippen molar-refractivity contribution in [1.29, 1.82) is 0 Å². The van der Waals surface area contributed by atoms with Gasteiger partial charge in [-0.2, -0.15) is 0 Å². The molecule has 1 aliphatic rings. The van der Waals surface area contributed by atoms with Crippen LogP contribution in [-0.2, 0) is 9.59 Å². The van der Waals surface area contributed by atoms with E-state index in [1.807, 2.05) is 38.1 Å². The lowest BCUT2D eigenvalue weighted by Gasteiger charge is -2.27. The second-order valence-electron chi connectivity index (χ2n) is 7.91. The molecule has 1 saturated heterocycles. The largest absolute Gasteiger partial charge is 0.494 e. The molecule has 1 aromatic carbocycles. The fourth-order valence-corrected chi connectivity index (χ4v) is 4.76. The smallest absolute Gasteiger partial charge is 0.327 e. The number of unbranched alkanes of at least 4 members (excludes halogenated alkanes) is 5. The number of amides is 1. The predicted octanol–water partition coefficient (Wildman–Crippen LogP) is 6.13. The summed E-state index contributed by atoms with van der Waals surface area (Å²) in [5.74, 6) is -0.756. The molecule has 1 heterocycles. The topological polar surface area (TPSA) is 66.8 Å². The number of aliphatic carboxylic acids is 1. The van der Waals surface area contributed by atoms with Crippen LogP contribution in [0.15, 0.2) is 29.2 Å². The standard InChI is InChI=1S/C24H33NO4S2/c1-4-6-7-8-9-10-15-29-19-13-11-18(12-14-19)16-20-22(26)25(24(30)31-20)21(23(27)28)17(3)5-2/h11-14,16-17,21H,4-10,15H2,1-3H3,(H,27,28)/b20-16+/t17-,21-/m1/s1. The molecule has 1 aromatic rings. The second kappa shape index (κ2) is 12.9. The van der Waals surface area contributed by atoms with E-state index in [4.69, 9.17) is 17.0 Å². The molecular formula is C24H33NO4S2. The lowest BCUT2D eigenvalue weighted by Crippen LogP contribution is -2.47. The number of benzene rings is 1. The van der Waals surface area contributed by atoms with Crippen molar-refractivity contribution in [2.75, 3.05) is 6.61 Å². The molecular weight excluding hydrogens is 430 g/mol. The molecule has 1 fully saturated rings. The van der Waals surface area contributed by atoms with Gasteiger partial charge in [-0.3, -0.25) is 9.69 Å². The lowest BCUT2D eigenvalue weighted by atomic mass is 9.98. The van der Waals surface area contributed by atoms with Crippen molar-refractivity contribution in [2.24, 2.45) is 5.92 Å². The van der Waals surface area contributed by atoms with Gasteiger partial charge in [-0.05, 0) is 36.1 Å². The Morgan fingerprint density at radius 2 is 1.81 bits per heavy atom. The average Bonchev–Trinajstić information content (AvgIpc) is 3.01. The van der Waals surface area contributed by atoms with Crippen LogP contribution < -0.4 is 4.74 Å². The van der Waals surface area contributed by atoms with Gasteiger partial charge in [0.05, 0.1) is 11.5 Å². The van der Waals surface area contributed by atoms with Crippen molar-refractivity contribution in [1.82, 2.24) is 4.90 Å². The summed E-state index contributed by atoms with van der Waals surface area (Å²) in [4.78, 5) is 26.3. The minimum absolute atomic E-state index is 0.192. The fourth-order valence-electron chi connectivity index (χ4n) is 3.44. The van der Waals surface area contributed by atoms with Crippen molar-refractivity contribution < 1.29 is 19.4 Å². The van der Waals surface area contributed by atoms with Crippen LogP contribution in [0, 0.1) is 5.92 Å². The Balaban J connectivity index is 1.95. The highest BCUT2D eigenvalue weighted by Crippen LogP contribution is 2.36. The van der Waals surface area contributed by atoms with Gasteiger partial charge >= 0.3 is 5.97 Å². The summed E-state index contributed by atoms with van der Waals surface area (Å²) in [5, 5.41) is 9.62. The molecule has 0 aliphatic carbocycles. The molecule has 0 spiro atoms. The third kappa shape index (κ3) is 7.35. The maximum Gasteiger partial charge on any atom is 0.327 e. The van der Waals surface area contributed by atoms with Crippen LogP contribution in [0.4, 0.5) is 0 Å². The van der Waals surface area contributed by atoms with Crippen molar-refractivity contribution in [2.45, 2.75) is 71.8 Å². The molecule has 0 saturated carbocycles. The monoisotopic (exact) mass is 463 g/mol. The molecule has 170 valence electrons. The number of carbonyl (C=O) groups is 2. The number of carbonyl (C=O) groups excluding carboxylic acids is 1. The van der Waals surface area contributed by atoms with Crippen LogP contribution in [-0.4, -0.2) is 38.9 Å². The van der Waals surface area contributed by atoms with Crippen LogP contribution in [0.3, 0.4) is 0 Å². The van der Waals surface area contributed by atoms with Crippen LogP contribution >= 0.6 is 24.0 Å². The van der Waals surface area contributed by atoms with Gasteiger partial charge in [-0.25, -0.2) is 4.79 Å². The molecule has 0 aromatic heterocycles. The molecule has 0 bridgehead atoms. The summed E-state index contributed by atoms with van der Waals surface area (Å²) in [6.45, 7) is 6.65. The summed E-state index contributed by atoms with van der Waals surface area (Å²) in [6.07, 6.45) is 9.75. The number of nitrogens with zero attached hydrogens (tertiary/aromatic N) is 1. The molecule has 2 rings (SSSR count). The first-order valence-electron chi connectivity index (χ1n) is 11.1. The average molecular weight is 464 g/mol. The summed E-state index contributed by atoms with van der Waals surface area (Å²) in [7, 11) is 0. The van der Waals surface area contributed by atoms with E-state index in [1.165, 1.54) is 37.0 Å². The minimum atomic E-state index is -1.03. The summed E-state index contributed by atoms with van der Waals surface area (Å²) in [6, 6.07) is 6.63. The number of carboxylic acid groups (broad SMARTS) is 1. The van der Waals surface area contributed by atoms with E-state index in [-0.39, 0.29) is 11.8 Å². The predicted molar refractivity (Wildman–Crippen MR) is 131 cm³/mol. The molecule has 7 heteroatoms. The zero-order chi connectivity index (χ0) is 22.8. The summed E-state index contributed by atoms with van der Waals surface area (Å²) in [5.41, 5.74) is 0.850. The van der Waals surface area contributed by atoms with Crippen molar-refractivity contribution in [3.05, 3.63) is 34.7 Å².